The number of ether oxygens (including phenoxy) is 3. The van der Waals surface area contributed by atoms with E-state index in [1.54, 1.807) is 44.4 Å². The van der Waals surface area contributed by atoms with E-state index in [1.165, 1.54) is 26.2 Å². The lowest BCUT2D eigenvalue weighted by Gasteiger charge is -2.15. The molecule has 0 saturated carbocycles. The number of carbonyl (C=O) groups is 2. The van der Waals surface area contributed by atoms with Crippen molar-refractivity contribution < 1.29 is 28.2 Å². The monoisotopic (exact) mass is 454 g/mol. The lowest BCUT2D eigenvalue weighted by Crippen LogP contribution is -2.35. The van der Waals surface area contributed by atoms with E-state index in [4.69, 9.17) is 14.2 Å². The van der Waals surface area contributed by atoms with Gasteiger partial charge in [-0.15, -0.1) is 0 Å². The second-order valence-corrected chi connectivity index (χ2v) is 7.55. The van der Waals surface area contributed by atoms with E-state index in [-0.39, 0.29) is 12.4 Å². The lowest BCUT2D eigenvalue weighted by atomic mass is 10.2. The Hall–Kier alpha value is -3.81. The van der Waals surface area contributed by atoms with E-state index in [2.05, 4.69) is 5.32 Å². The third kappa shape index (κ3) is 5.34. The molecule has 0 spiro atoms. The molecule has 33 heavy (non-hydrogen) atoms. The summed E-state index contributed by atoms with van der Waals surface area (Å²) in [5.41, 5.74) is 3.31. The van der Waals surface area contributed by atoms with Gasteiger partial charge in [0.15, 0.2) is 17.6 Å². The Morgan fingerprint density at radius 2 is 1.67 bits per heavy atom. The largest absolute Gasteiger partial charge is 0.493 e. The zero-order valence-electron chi connectivity index (χ0n) is 19.3. The van der Waals surface area contributed by atoms with Crippen molar-refractivity contribution in [2.75, 3.05) is 14.2 Å². The molecule has 0 bridgehead atoms. The summed E-state index contributed by atoms with van der Waals surface area (Å²) in [6.45, 7) is 5.36. The van der Waals surface area contributed by atoms with Crippen molar-refractivity contribution in [1.82, 2.24) is 9.88 Å². The predicted octanol–water partition coefficient (Wildman–Crippen LogP) is 4.11. The van der Waals surface area contributed by atoms with Crippen LogP contribution in [0.25, 0.3) is 5.69 Å². The van der Waals surface area contributed by atoms with Crippen LogP contribution in [0.1, 0.15) is 34.2 Å². The summed E-state index contributed by atoms with van der Waals surface area (Å²) >= 11 is 0. The highest BCUT2D eigenvalue weighted by Gasteiger charge is 2.23. The average molecular weight is 454 g/mol. The van der Waals surface area contributed by atoms with Gasteiger partial charge in [0.25, 0.3) is 5.91 Å². The third-order valence-electron chi connectivity index (χ3n) is 5.30. The second-order valence-electron chi connectivity index (χ2n) is 7.55. The Bertz CT molecular complexity index is 1150. The Morgan fingerprint density at radius 1 is 1.00 bits per heavy atom. The van der Waals surface area contributed by atoms with Crippen molar-refractivity contribution in [3.8, 4) is 17.2 Å². The molecule has 0 aliphatic heterocycles. The maximum atomic E-state index is 13.3. The number of hydrogen-bond donors (Lipinski definition) is 1. The number of carbonyl (C=O) groups excluding carboxylic acids is 2. The van der Waals surface area contributed by atoms with Crippen molar-refractivity contribution >= 4 is 11.9 Å². The van der Waals surface area contributed by atoms with Crippen molar-refractivity contribution in [3.63, 3.8) is 0 Å². The van der Waals surface area contributed by atoms with E-state index < -0.39 is 18.0 Å². The van der Waals surface area contributed by atoms with Crippen molar-refractivity contribution in [1.29, 1.82) is 0 Å². The van der Waals surface area contributed by atoms with E-state index >= 15 is 0 Å². The molecule has 1 atom stereocenters. The first-order valence-corrected chi connectivity index (χ1v) is 10.4. The highest BCUT2D eigenvalue weighted by Crippen LogP contribution is 2.27. The van der Waals surface area contributed by atoms with Crippen LogP contribution in [0.15, 0.2) is 48.5 Å². The molecule has 0 radical (unpaired) electrons. The van der Waals surface area contributed by atoms with Gasteiger partial charge in [0.2, 0.25) is 0 Å². The fourth-order valence-corrected chi connectivity index (χ4v) is 3.56. The summed E-state index contributed by atoms with van der Waals surface area (Å²) in [6.07, 6.45) is -0.994. The van der Waals surface area contributed by atoms with Crippen LogP contribution < -0.4 is 14.8 Å². The Balaban J connectivity index is 1.65. The first-order chi connectivity index (χ1) is 15.7. The summed E-state index contributed by atoms with van der Waals surface area (Å²) in [4.78, 5) is 25.2. The predicted molar refractivity (Wildman–Crippen MR) is 121 cm³/mol. The topological polar surface area (TPSA) is 78.8 Å². The van der Waals surface area contributed by atoms with Crippen LogP contribution in [-0.4, -0.2) is 36.8 Å². The number of methoxy groups -OCH3 is 2. The van der Waals surface area contributed by atoms with Crippen LogP contribution in [0, 0.1) is 19.7 Å². The zero-order valence-corrected chi connectivity index (χ0v) is 19.3. The standard InChI is InChI=1S/C25H27FN2O5/c1-15-12-21(16(2)28(15)20-9-7-19(26)8-10-20)25(30)33-17(3)24(29)27-14-18-6-11-22(31-4)23(13-18)32-5/h6-13,17H,14H2,1-5H3,(H,27,29). The van der Waals surface area contributed by atoms with Crippen molar-refractivity contribution in [2.45, 2.75) is 33.4 Å². The van der Waals surface area contributed by atoms with Crippen LogP contribution in [0.5, 0.6) is 11.5 Å². The number of esters is 1. The van der Waals surface area contributed by atoms with Gasteiger partial charge in [0, 0.05) is 23.6 Å². The minimum absolute atomic E-state index is 0.236. The molecule has 0 aliphatic rings. The number of hydrogen-bond acceptors (Lipinski definition) is 5. The molecule has 0 aliphatic carbocycles. The molecule has 0 fully saturated rings. The first kappa shape index (κ1) is 23.8. The summed E-state index contributed by atoms with van der Waals surface area (Å²) < 4.78 is 31.0. The normalized spacial score (nSPS) is 11.6. The van der Waals surface area contributed by atoms with Crippen LogP contribution in [0.4, 0.5) is 4.39 Å². The Morgan fingerprint density at radius 3 is 2.30 bits per heavy atom. The number of rotatable bonds is 8. The molecule has 174 valence electrons. The van der Waals surface area contributed by atoms with E-state index in [1.807, 2.05) is 17.6 Å². The zero-order chi connectivity index (χ0) is 24.1. The van der Waals surface area contributed by atoms with E-state index in [9.17, 15) is 14.0 Å². The van der Waals surface area contributed by atoms with Gasteiger partial charge in [-0.25, -0.2) is 9.18 Å². The number of aryl methyl sites for hydroxylation is 1. The summed E-state index contributed by atoms with van der Waals surface area (Å²) in [7, 11) is 3.08. The minimum Gasteiger partial charge on any atom is -0.493 e. The van der Waals surface area contributed by atoms with E-state index in [0.29, 0.717) is 22.8 Å². The first-order valence-electron chi connectivity index (χ1n) is 10.4. The highest BCUT2D eigenvalue weighted by atomic mass is 19.1. The molecule has 7 nitrogen and oxygen atoms in total. The lowest BCUT2D eigenvalue weighted by molar-refractivity contribution is -0.129. The summed E-state index contributed by atoms with van der Waals surface area (Å²) in [5.74, 6) is -0.224. The molecule has 1 aromatic heterocycles. The quantitative estimate of drug-likeness (QED) is 0.518. The minimum atomic E-state index is -0.994. The molecule has 8 heteroatoms. The molecule has 1 heterocycles. The van der Waals surface area contributed by atoms with Gasteiger partial charge in [-0.3, -0.25) is 4.79 Å². The van der Waals surface area contributed by atoms with Crippen LogP contribution in [0.3, 0.4) is 0 Å². The molecule has 1 unspecified atom stereocenters. The molecule has 1 N–H and O–H groups in total. The number of nitrogens with zero attached hydrogens (tertiary/aromatic N) is 1. The fraction of sp³-hybridized carbons (Fsp3) is 0.280. The Kier molecular flexibility index (Phi) is 7.37. The number of halogens is 1. The molecule has 0 saturated heterocycles. The third-order valence-corrected chi connectivity index (χ3v) is 5.30. The summed E-state index contributed by atoms with van der Waals surface area (Å²) in [6, 6.07) is 13.0. The van der Waals surface area contributed by atoms with Gasteiger partial charge in [0.1, 0.15) is 5.82 Å². The second kappa shape index (κ2) is 10.2. The van der Waals surface area contributed by atoms with Gasteiger partial charge in [-0.1, -0.05) is 6.07 Å². The molecule has 2 aromatic carbocycles. The molecular weight excluding hydrogens is 427 g/mol. The summed E-state index contributed by atoms with van der Waals surface area (Å²) in [5, 5.41) is 2.75. The maximum absolute atomic E-state index is 13.3. The van der Waals surface area contributed by atoms with Gasteiger partial charge in [-0.05, 0) is 68.8 Å². The molecule has 3 aromatic rings. The van der Waals surface area contributed by atoms with Gasteiger partial charge in [0.05, 0.1) is 19.8 Å². The SMILES string of the molecule is COc1ccc(CNC(=O)C(C)OC(=O)c2cc(C)n(-c3ccc(F)cc3)c2C)cc1OC. The number of amides is 1. The van der Waals surface area contributed by atoms with Crippen LogP contribution in [0.2, 0.25) is 0 Å². The molecule has 3 rings (SSSR count). The van der Waals surface area contributed by atoms with Crippen LogP contribution >= 0.6 is 0 Å². The van der Waals surface area contributed by atoms with Crippen molar-refractivity contribution in [2.24, 2.45) is 0 Å². The van der Waals surface area contributed by atoms with Gasteiger partial charge >= 0.3 is 5.97 Å². The van der Waals surface area contributed by atoms with Crippen LogP contribution in [-0.2, 0) is 16.1 Å². The maximum Gasteiger partial charge on any atom is 0.340 e. The fourth-order valence-electron chi connectivity index (χ4n) is 3.56. The molecular formula is C25H27FN2O5. The molecule has 1 amide bonds. The number of aromatic nitrogens is 1. The van der Waals surface area contributed by atoms with Crippen molar-refractivity contribution in [3.05, 3.63) is 76.9 Å². The van der Waals surface area contributed by atoms with Gasteiger partial charge in [-0.2, -0.15) is 0 Å². The Labute approximate surface area is 192 Å². The smallest absolute Gasteiger partial charge is 0.340 e. The van der Waals surface area contributed by atoms with E-state index in [0.717, 1.165) is 16.9 Å². The number of nitrogens with one attached hydrogen (secondary N) is 1. The van der Waals surface area contributed by atoms with Gasteiger partial charge < -0.3 is 24.1 Å². The highest BCUT2D eigenvalue weighted by molar-refractivity contribution is 5.93. The number of benzene rings is 2. The average Bonchev–Trinajstić information content (AvgIpc) is 3.11.